The molecule has 90 valence electrons. The summed E-state index contributed by atoms with van der Waals surface area (Å²) < 4.78 is 0. The molecular weight excluding hydrogens is 228 g/mol. The van der Waals surface area contributed by atoms with Gasteiger partial charge in [-0.25, -0.2) is 9.97 Å². The molecule has 4 nitrogen and oxygen atoms in total. The van der Waals surface area contributed by atoms with E-state index in [4.69, 9.17) is 10.2 Å². The zero-order chi connectivity index (χ0) is 12.8. The van der Waals surface area contributed by atoms with Crippen LogP contribution in [0, 0.1) is 0 Å². The van der Waals surface area contributed by atoms with Crippen molar-refractivity contribution in [2.45, 2.75) is 0 Å². The molecule has 0 radical (unpaired) electrons. The van der Waals surface area contributed by atoms with Gasteiger partial charge in [0.25, 0.3) is 0 Å². The summed E-state index contributed by atoms with van der Waals surface area (Å²) in [7, 11) is 0. The van der Waals surface area contributed by atoms with Gasteiger partial charge in [0, 0.05) is 11.6 Å². The lowest BCUT2D eigenvalue weighted by Gasteiger charge is -1.91. The van der Waals surface area contributed by atoms with E-state index in [0.717, 1.165) is 10.9 Å². The Kier molecular flexibility index (Phi) is 3.71. The number of rotatable bonds is 0. The zero-order valence-electron chi connectivity index (χ0n) is 9.56. The van der Waals surface area contributed by atoms with Crippen molar-refractivity contribution >= 4 is 10.9 Å². The van der Waals surface area contributed by atoms with Crippen molar-refractivity contribution in [1.82, 2.24) is 9.97 Å². The van der Waals surface area contributed by atoms with Gasteiger partial charge in [-0.2, -0.15) is 0 Å². The first kappa shape index (κ1) is 11.9. The van der Waals surface area contributed by atoms with Gasteiger partial charge in [0.2, 0.25) is 0 Å². The van der Waals surface area contributed by atoms with E-state index in [9.17, 15) is 0 Å². The van der Waals surface area contributed by atoms with Gasteiger partial charge in [-0.3, -0.25) is 0 Å². The molecule has 0 amide bonds. The molecule has 0 spiro atoms. The van der Waals surface area contributed by atoms with Gasteiger partial charge >= 0.3 is 0 Å². The van der Waals surface area contributed by atoms with Crippen LogP contribution in [0.15, 0.2) is 61.1 Å². The van der Waals surface area contributed by atoms with E-state index in [0.29, 0.717) is 0 Å². The number of fused-ring (bicyclic) bond motifs is 1. The third-order valence-electron chi connectivity index (χ3n) is 2.30. The van der Waals surface area contributed by atoms with Crippen molar-refractivity contribution in [2.75, 3.05) is 0 Å². The van der Waals surface area contributed by atoms with Gasteiger partial charge in [0.1, 0.15) is 6.33 Å². The minimum absolute atomic E-state index is 0.0764. The average Bonchev–Trinajstić information content (AvgIpc) is 2.43. The molecule has 18 heavy (non-hydrogen) atoms. The van der Waals surface area contributed by atoms with Gasteiger partial charge in [-0.15, -0.1) is 0 Å². The molecule has 0 aliphatic rings. The Morgan fingerprint density at radius 2 is 1.39 bits per heavy atom. The van der Waals surface area contributed by atoms with Crippen molar-refractivity contribution in [1.29, 1.82) is 0 Å². The highest BCUT2D eigenvalue weighted by molar-refractivity contribution is 5.76. The van der Waals surface area contributed by atoms with E-state index >= 15 is 0 Å². The molecule has 2 aromatic carbocycles. The van der Waals surface area contributed by atoms with Crippen molar-refractivity contribution < 1.29 is 10.2 Å². The highest BCUT2D eigenvalue weighted by atomic mass is 16.3. The summed E-state index contributed by atoms with van der Waals surface area (Å²) in [6, 6.07) is 14.1. The van der Waals surface area contributed by atoms with E-state index in [-0.39, 0.29) is 11.5 Å². The fourth-order valence-corrected chi connectivity index (χ4v) is 1.39. The summed E-state index contributed by atoms with van der Waals surface area (Å²) in [6.45, 7) is 0. The van der Waals surface area contributed by atoms with Gasteiger partial charge in [-0.1, -0.05) is 30.3 Å². The van der Waals surface area contributed by atoms with Crippen molar-refractivity contribution in [3.8, 4) is 11.5 Å². The topological polar surface area (TPSA) is 66.2 Å². The van der Waals surface area contributed by atoms with Gasteiger partial charge < -0.3 is 10.2 Å². The minimum atomic E-state index is -0.0764. The summed E-state index contributed by atoms with van der Waals surface area (Å²) in [4.78, 5) is 7.97. The molecule has 0 saturated heterocycles. The van der Waals surface area contributed by atoms with Crippen molar-refractivity contribution in [3.63, 3.8) is 0 Å². The van der Waals surface area contributed by atoms with Crippen LogP contribution in [-0.2, 0) is 0 Å². The molecular formula is C14H12N2O2. The number of phenols is 2. The first-order chi connectivity index (χ1) is 8.77. The normalized spacial score (nSPS) is 9.56. The predicted molar refractivity (Wildman–Crippen MR) is 69.3 cm³/mol. The molecule has 3 aromatic rings. The Morgan fingerprint density at radius 1 is 0.778 bits per heavy atom. The second kappa shape index (κ2) is 5.63. The quantitative estimate of drug-likeness (QED) is 0.593. The number of benzene rings is 2. The SMILES string of the molecule is Oc1ccccc1O.c1ccc2ncncc2c1. The smallest absolute Gasteiger partial charge is 0.157 e. The first-order valence-electron chi connectivity index (χ1n) is 5.39. The number of para-hydroxylation sites is 3. The van der Waals surface area contributed by atoms with Crippen LogP contribution < -0.4 is 0 Å². The number of hydrogen-bond acceptors (Lipinski definition) is 4. The molecule has 0 atom stereocenters. The van der Waals surface area contributed by atoms with Crippen LogP contribution in [0.1, 0.15) is 0 Å². The number of phenolic OH excluding ortho intramolecular Hbond substituents is 2. The fourth-order valence-electron chi connectivity index (χ4n) is 1.39. The lowest BCUT2D eigenvalue weighted by Crippen LogP contribution is -1.77. The lowest BCUT2D eigenvalue weighted by molar-refractivity contribution is 0.404. The Balaban J connectivity index is 0.000000138. The van der Waals surface area contributed by atoms with E-state index < -0.39 is 0 Å². The van der Waals surface area contributed by atoms with Gasteiger partial charge in [-0.05, 0) is 18.2 Å². The molecule has 0 bridgehead atoms. The van der Waals surface area contributed by atoms with E-state index in [1.54, 1.807) is 18.5 Å². The van der Waals surface area contributed by atoms with Crippen molar-refractivity contribution in [2.24, 2.45) is 0 Å². The number of hydrogen-bond donors (Lipinski definition) is 2. The molecule has 3 rings (SSSR count). The molecule has 4 heteroatoms. The molecule has 1 heterocycles. The number of aromatic hydroxyl groups is 2. The standard InChI is InChI=1S/C8H6N2.C6H6O2/c1-2-4-8-7(3-1)5-9-6-10-8;7-5-3-1-2-4-6(5)8/h1-6H;1-4,7-8H. The third kappa shape index (κ3) is 2.95. The maximum absolute atomic E-state index is 8.67. The summed E-state index contributed by atoms with van der Waals surface area (Å²) in [5.41, 5.74) is 0.998. The van der Waals surface area contributed by atoms with Crippen LogP contribution >= 0.6 is 0 Å². The third-order valence-corrected chi connectivity index (χ3v) is 2.30. The molecule has 0 aliphatic heterocycles. The minimum Gasteiger partial charge on any atom is -0.504 e. The summed E-state index contributed by atoms with van der Waals surface area (Å²) in [6.07, 6.45) is 3.37. The predicted octanol–water partition coefficient (Wildman–Crippen LogP) is 2.73. The van der Waals surface area contributed by atoms with E-state index in [1.807, 2.05) is 30.5 Å². The monoisotopic (exact) mass is 240 g/mol. The van der Waals surface area contributed by atoms with Gasteiger partial charge in [0.15, 0.2) is 11.5 Å². The largest absolute Gasteiger partial charge is 0.504 e. The Bertz CT molecular complexity index is 555. The molecule has 0 aliphatic carbocycles. The zero-order valence-corrected chi connectivity index (χ0v) is 9.56. The van der Waals surface area contributed by atoms with E-state index in [2.05, 4.69) is 9.97 Å². The van der Waals surface area contributed by atoms with Gasteiger partial charge in [0.05, 0.1) is 5.52 Å². The van der Waals surface area contributed by atoms with Crippen LogP contribution in [-0.4, -0.2) is 20.2 Å². The first-order valence-corrected chi connectivity index (χ1v) is 5.39. The Labute approximate surface area is 104 Å². The second-order valence-corrected chi connectivity index (χ2v) is 3.57. The lowest BCUT2D eigenvalue weighted by atomic mass is 10.2. The molecule has 0 saturated carbocycles. The molecule has 1 aromatic heterocycles. The molecule has 2 N–H and O–H groups in total. The van der Waals surface area contributed by atoms with Crippen LogP contribution in [0.25, 0.3) is 10.9 Å². The van der Waals surface area contributed by atoms with Crippen molar-refractivity contribution in [3.05, 3.63) is 61.1 Å². The van der Waals surface area contributed by atoms with Crippen LogP contribution in [0.2, 0.25) is 0 Å². The maximum atomic E-state index is 8.67. The summed E-state index contributed by atoms with van der Waals surface area (Å²) in [5.74, 6) is -0.153. The fraction of sp³-hybridized carbons (Fsp3) is 0. The molecule has 0 unspecified atom stereocenters. The number of nitrogens with zero attached hydrogens (tertiary/aromatic N) is 2. The summed E-state index contributed by atoms with van der Waals surface area (Å²) >= 11 is 0. The maximum Gasteiger partial charge on any atom is 0.157 e. The number of aromatic nitrogens is 2. The average molecular weight is 240 g/mol. The van der Waals surface area contributed by atoms with E-state index in [1.165, 1.54) is 12.1 Å². The Hall–Kier alpha value is -2.62. The Morgan fingerprint density at radius 3 is 2.00 bits per heavy atom. The van der Waals surface area contributed by atoms with Crippen LogP contribution in [0.4, 0.5) is 0 Å². The summed E-state index contributed by atoms with van der Waals surface area (Å²) in [5, 5.41) is 18.4. The molecule has 0 fully saturated rings. The van der Waals surface area contributed by atoms with Crippen LogP contribution in [0.3, 0.4) is 0 Å². The van der Waals surface area contributed by atoms with Crippen LogP contribution in [0.5, 0.6) is 11.5 Å². The second-order valence-electron chi connectivity index (χ2n) is 3.57. The highest BCUT2D eigenvalue weighted by Crippen LogP contribution is 2.21. The highest BCUT2D eigenvalue weighted by Gasteiger charge is 1.90.